The lowest BCUT2D eigenvalue weighted by Gasteiger charge is -2.09. The molecule has 0 bridgehead atoms. The van der Waals surface area contributed by atoms with Crippen molar-refractivity contribution in [2.24, 2.45) is 0 Å². The van der Waals surface area contributed by atoms with E-state index < -0.39 is 5.82 Å². The highest BCUT2D eigenvalue weighted by Gasteiger charge is 2.11. The fraction of sp³-hybridized carbons (Fsp3) is 0.0625. The van der Waals surface area contributed by atoms with Crippen LogP contribution in [0, 0.1) is 17.1 Å². The van der Waals surface area contributed by atoms with Crippen molar-refractivity contribution >= 4 is 34.1 Å². The topological polar surface area (TPSA) is 58.7 Å². The van der Waals surface area contributed by atoms with Crippen molar-refractivity contribution in [2.75, 3.05) is 0 Å². The van der Waals surface area contributed by atoms with E-state index in [1.807, 2.05) is 6.07 Å². The Morgan fingerprint density at radius 2 is 2.04 bits per heavy atom. The average Bonchev–Trinajstić information content (AvgIpc) is 2.52. The summed E-state index contributed by atoms with van der Waals surface area (Å²) < 4.78 is 15.1. The van der Waals surface area contributed by atoms with E-state index in [1.165, 1.54) is 41.2 Å². The minimum Gasteiger partial charge on any atom is -0.294 e. The second kappa shape index (κ2) is 5.99. The van der Waals surface area contributed by atoms with E-state index in [0.717, 1.165) is 0 Å². The molecule has 0 aliphatic heterocycles. The van der Waals surface area contributed by atoms with Gasteiger partial charge in [-0.25, -0.2) is 9.37 Å². The van der Waals surface area contributed by atoms with E-state index in [9.17, 15) is 9.18 Å². The second-order valence-electron chi connectivity index (χ2n) is 4.88. The van der Waals surface area contributed by atoms with Gasteiger partial charge in [-0.1, -0.05) is 23.2 Å². The summed E-state index contributed by atoms with van der Waals surface area (Å²) in [5.41, 5.74) is 0.486. The predicted octanol–water partition coefficient (Wildman–Crippen LogP) is 3.76. The summed E-state index contributed by atoms with van der Waals surface area (Å²) in [6.45, 7) is -0.0484. The lowest BCUT2D eigenvalue weighted by atomic mass is 10.1. The van der Waals surface area contributed by atoms with Gasteiger partial charge in [0, 0.05) is 10.6 Å². The number of nitrogens with zero attached hydrogens (tertiary/aromatic N) is 3. The van der Waals surface area contributed by atoms with Gasteiger partial charge in [-0.2, -0.15) is 5.26 Å². The van der Waals surface area contributed by atoms with Crippen LogP contribution in [-0.2, 0) is 6.54 Å². The third-order valence-corrected chi connectivity index (χ3v) is 3.87. The molecule has 0 radical (unpaired) electrons. The van der Waals surface area contributed by atoms with Crippen LogP contribution in [-0.4, -0.2) is 9.55 Å². The highest BCUT2D eigenvalue weighted by molar-refractivity contribution is 6.38. The van der Waals surface area contributed by atoms with Gasteiger partial charge in [-0.3, -0.25) is 9.36 Å². The van der Waals surface area contributed by atoms with Crippen molar-refractivity contribution in [3.8, 4) is 6.07 Å². The minimum absolute atomic E-state index is 0.0484. The Bertz CT molecular complexity index is 1020. The summed E-state index contributed by atoms with van der Waals surface area (Å²) in [6, 6.07) is 8.87. The largest absolute Gasteiger partial charge is 0.294 e. The molecule has 1 heterocycles. The van der Waals surface area contributed by atoms with Gasteiger partial charge in [0.2, 0.25) is 0 Å². The number of nitriles is 1. The van der Waals surface area contributed by atoms with Crippen LogP contribution in [0.2, 0.25) is 10.0 Å². The van der Waals surface area contributed by atoms with E-state index in [0.29, 0.717) is 16.1 Å². The maximum Gasteiger partial charge on any atom is 0.261 e. The van der Waals surface area contributed by atoms with Crippen molar-refractivity contribution in [3.05, 3.63) is 74.0 Å². The number of rotatable bonds is 2. The molecule has 0 atom stereocenters. The molecule has 3 rings (SSSR count). The van der Waals surface area contributed by atoms with Crippen molar-refractivity contribution in [1.82, 2.24) is 9.55 Å². The third-order valence-electron chi connectivity index (χ3n) is 3.36. The fourth-order valence-corrected chi connectivity index (χ4v) is 2.80. The number of fused-ring (bicyclic) bond motifs is 1. The smallest absolute Gasteiger partial charge is 0.261 e. The summed E-state index contributed by atoms with van der Waals surface area (Å²) >= 11 is 11.9. The lowest BCUT2D eigenvalue weighted by molar-refractivity contribution is 0.595. The van der Waals surface area contributed by atoms with E-state index >= 15 is 0 Å². The summed E-state index contributed by atoms with van der Waals surface area (Å²) in [5, 5.41) is 9.73. The maximum atomic E-state index is 13.9. The summed E-state index contributed by atoms with van der Waals surface area (Å²) in [7, 11) is 0. The Hall–Kier alpha value is -2.42. The Morgan fingerprint density at radius 3 is 2.78 bits per heavy atom. The molecule has 0 fully saturated rings. The zero-order chi connectivity index (χ0) is 16.6. The molecule has 7 heteroatoms. The van der Waals surface area contributed by atoms with E-state index in [2.05, 4.69) is 4.98 Å². The molecule has 4 nitrogen and oxygen atoms in total. The van der Waals surface area contributed by atoms with Crippen LogP contribution in [0.4, 0.5) is 4.39 Å². The average molecular weight is 348 g/mol. The molecule has 0 spiro atoms. The zero-order valence-corrected chi connectivity index (χ0v) is 13.1. The highest BCUT2D eigenvalue weighted by Crippen LogP contribution is 2.24. The summed E-state index contributed by atoms with van der Waals surface area (Å²) in [5.74, 6) is -0.500. The van der Waals surface area contributed by atoms with Crippen molar-refractivity contribution in [2.45, 2.75) is 6.54 Å². The van der Waals surface area contributed by atoms with Crippen LogP contribution in [0.15, 0.2) is 41.5 Å². The molecule has 1 aromatic heterocycles. The lowest BCUT2D eigenvalue weighted by Crippen LogP contribution is -2.21. The molecule has 0 saturated carbocycles. The van der Waals surface area contributed by atoms with Crippen LogP contribution in [0.3, 0.4) is 0 Å². The highest BCUT2D eigenvalue weighted by atomic mass is 35.5. The molecule has 114 valence electrons. The molecule has 2 aromatic carbocycles. The third kappa shape index (κ3) is 2.91. The zero-order valence-electron chi connectivity index (χ0n) is 11.6. The molecular formula is C16H8Cl2FN3O. The van der Waals surface area contributed by atoms with Gasteiger partial charge in [0.15, 0.2) is 0 Å². The van der Waals surface area contributed by atoms with Crippen LogP contribution >= 0.6 is 23.2 Å². The Kier molecular flexibility index (Phi) is 4.03. The van der Waals surface area contributed by atoms with Crippen LogP contribution in [0.1, 0.15) is 11.1 Å². The number of halogens is 3. The normalized spacial score (nSPS) is 10.7. The Balaban J connectivity index is 2.14. The second-order valence-corrected chi connectivity index (χ2v) is 5.72. The van der Waals surface area contributed by atoms with Crippen LogP contribution in [0.5, 0.6) is 0 Å². The van der Waals surface area contributed by atoms with Gasteiger partial charge in [-0.15, -0.1) is 0 Å². The first-order valence-corrected chi connectivity index (χ1v) is 7.28. The number of hydrogen-bond acceptors (Lipinski definition) is 3. The van der Waals surface area contributed by atoms with Crippen molar-refractivity contribution in [3.63, 3.8) is 0 Å². The van der Waals surface area contributed by atoms with Crippen LogP contribution < -0.4 is 5.56 Å². The molecule has 0 unspecified atom stereocenters. The molecule has 0 saturated heterocycles. The van der Waals surface area contributed by atoms with Gasteiger partial charge in [-0.05, 0) is 30.3 Å². The van der Waals surface area contributed by atoms with Gasteiger partial charge < -0.3 is 0 Å². The predicted molar refractivity (Wildman–Crippen MR) is 86.2 cm³/mol. The molecule has 23 heavy (non-hydrogen) atoms. The number of hydrogen-bond donors (Lipinski definition) is 0. The first-order chi connectivity index (χ1) is 11.0. The molecular weight excluding hydrogens is 340 g/mol. The molecule has 3 aromatic rings. The van der Waals surface area contributed by atoms with E-state index in [1.54, 1.807) is 0 Å². The first kappa shape index (κ1) is 15.5. The molecule has 0 amide bonds. The standard InChI is InChI=1S/C16H8Cl2FN3O/c17-11-4-12-15(13(18)5-11)21-8-22(16(12)23)7-10-3-9(6-20)1-2-14(10)19/h1-5,8H,7H2. The molecule has 0 aliphatic rings. The number of benzene rings is 2. The van der Waals surface area contributed by atoms with Crippen molar-refractivity contribution < 1.29 is 4.39 Å². The van der Waals surface area contributed by atoms with Gasteiger partial charge >= 0.3 is 0 Å². The van der Waals surface area contributed by atoms with Crippen molar-refractivity contribution in [1.29, 1.82) is 5.26 Å². The molecule has 0 aliphatic carbocycles. The number of aromatic nitrogens is 2. The first-order valence-electron chi connectivity index (χ1n) is 6.52. The fourth-order valence-electron chi connectivity index (χ4n) is 2.26. The van der Waals surface area contributed by atoms with E-state index in [4.69, 9.17) is 28.5 Å². The SMILES string of the molecule is N#Cc1ccc(F)c(Cn2cnc3c(Cl)cc(Cl)cc3c2=O)c1. The monoisotopic (exact) mass is 347 g/mol. The van der Waals surface area contributed by atoms with Gasteiger partial charge in [0.05, 0.1) is 40.4 Å². The van der Waals surface area contributed by atoms with Gasteiger partial charge in [0.25, 0.3) is 5.56 Å². The van der Waals surface area contributed by atoms with Crippen LogP contribution in [0.25, 0.3) is 10.9 Å². The van der Waals surface area contributed by atoms with E-state index in [-0.39, 0.29) is 28.1 Å². The Labute approximate surface area is 140 Å². The molecule has 0 N–H and O–H groups in total. The summed E-state index contributed by atoms with van der Waals surface area (Å²) in [6.07, 6.45) is 1.29. The Morgan fingerprint density at radius 1 is 1.26 bits per heavy atom. The summed E-state index contributed by atoms with van der Waals surface area (Å²) in [4.78, 5) is 16.7. The maximum absolute atomic E-state index is 13.9. The quantitative estimate of drug-likeness (QED) is 0.709. The minimum atomic E-state index is -0.500. The van der Waals surface area contributed by atoms with Gasteiger partial charge in [0.1, 0.15) is 5.82 Å².